The van der Waals surface area contributed by atoms with E-state index >= 15 is 0 Å². The van der Waals surface area contributed by atoms with Gasteiger partial charge in [0.2, 0.25) is 0 Å². The van der Waals surface area contributed by atoms with Gasteiger partial charge in [-0.2, -0.15) is 0 Å². The second kappa shape index (κ2) is 10.1. The van der Waals surface area contributed by atoms with E-state index in [-0.39, 0.29) is 11.6 Å². The number of thioether (sulfide) groups is 1. The highest BCUT2D eigenvalue weighted by Crippen LogP contribution is 2.30. The zero-order valence-corrected chi connectivity index (χ0v) is 17.7. The first-order valence-corrected chi connectivity index (χ1v) is 10.6. The molecule has 0 aromatic heterocycles. The largest absolute Gasteiger partial charge is 0.490 e. The molecule has 0 unspecified atom stereocenters. The molecule has 0 fully saturated rings. The number of carbonyl (C=O) groups excluding carboxylic acids is 1. The molecule has 0 saturated carbocycles. The lowest BCUT2D eigenvalue weighted by Crippen LogP contribution is -2.32. The third-order valence-corrected chi connectivity index (χ3v) is 5.41. The molecular formula is C21H23N3O5S. The maximum atomic E-state index is 13.1. The maximum absolute atomic E-state index is 13.1. The molecule has 2 aromatic rings. The average molecular weight is 429 g/mol. The third-order valence-electron chi connectivity index (χ3n) is 4.33. The van der Waals surface area contributed by atoms with Crippen molar-refractivity contribution in [1.29, 1.82) is 0 Å². The summed E-state index contributed by atoms with van der Waals surface area (Å²) in [6.07, 6.45) is 0. The fourth-order valence-corrected chi connectivity index (χ4v) is 3.97. The minimum absolute atomic E-state index is 0.0484. The lowest BCUT2D eigenvalue weighted by atomic mass is 10.1. The summed E-state index contributed by atoms with van der Waals surface area (Å²) in [7, 11) is 0. The lowest BCUT2D eigenvalue weighted by molar-refractivity contribution is -0.384. The molecule has 1 aliphatic rings. The number of carbonyl (C=O) groups is 1. The Hall–Kier alpha value is -3.07. The fourth-order valence-electron chi connectivity index (χ4n) is 2.99. The standard InChI is InChI=1S/C21H23N3O5S/c1-3-28-18-9-8-16(13-19(18)29-4-2)20(25)23-11-10-22-21(23)30-14-15-6-5-7-17(12-15)24(26)27/h5-9,12-13H,3-4,10-11,14H2,1-2H3. The molecule has 0 radical (unpaired) electrons. The van der Waals surface area contributed by atoms with Crippen LogP contribution in [0.4, 0.5) is 5.69 Å². The van der Waals surface area contributed by atoms with Crippen LogP contribution >= 0.6 is 11.8 Å². The van der Waals surface area contributed by atoms with Gasteiger partial charge in [-0.05, 0) is 37.6 Å². The monoisotopic (exact) mass is 429 g/mol. The van der Waals surface area contributed by atoms with Crippen LogP contribution in [0.5, 0.6) is 11.5 Å². The number of rotatable bonds is 8. The average Bonchev–Trinajstić information content (AvgIpc) is 3.22. The Labute approximate surface area is 179 Å². The Morgan fingerprint density at radius 3 is 2.67 bits per heavy atom. The molecule has 0 aliphatic carbocycles. The summed E-state index contributed by atoms with van der Waals surface area (Å²) in [5.74, 6) is 1.46. The summed E-state index contributed by atoms with van der Waals surface area (Å²) in [4.78, 5) is 29.7. The Morgan fingerprint density at radius 2 is 1.93 bits per heavy atom. The summed E-state index contributed by atoms with van der Waals surface area (Å²) in [6.45, 7) is 5.75. The minimum Gasteiger partial charge on any atom is -0.490 e. The Morgan fingerprint density at radius 1 is 1.17 bits per heavy atom. The number of amides is 1. The van der Waals surface area contributed by atoms with Crippen molar-refractivity contribution in [2.24, 2.45) is 4.99 Å². The lowest BCUT2D eigenvalue weighted by Gasteiger charge is -2.19. The number of aliphatic imine (C=N–C) groups is 1. The van der Waals surface area contributed by atoms with Crippen LogP contribution in [0.3, 0.4) is 0 Å². The Bertz CT molecular complexity index is 963. The van der Waals surface area contributed by atoms with Crippen LogP contribution < -0.4 is 9.47 Å². The van der Waals surface area contributed by atoms with Gasteiger partial charge >= 0.3 is 0 Å². The highest BCUT2D eigenvalue weighted by molar-refractivity contribution is 8.13. The van der Waals surface area contributed by atoms with Gasteiger partial charge < -0.3 is 9.47 Å². The second-order valence-electron chi connectivity index (χ2n) is 6.36. The van der Waals surface area contributed by atoms with Crippen molar-refractivity contribution in [3.63, 3.8) is 0 Å². The van der Waals surface area contributed by atoms with Crippen molar-refractivity contribution in [1.82, 2.24) is 4.90 Å². The van der Waals surface area contributed by atoms with Gasteiger partial charge in [0.1, 0.15) is 0 Å². The number of benzene rings is 2. The van der Waals surface area contributed by atoms with Gasteiger partial charge in [-0.3, -0.25) is 24.8 Å². The van der Waals surface area contributed by atoms with E-state index in [0.29, 0.717) is 54.3 Å². The number of hydrogen-bond acceptors (Lipinski definition) is 7. The molecule has 0 N–H and O–H groups in total. The van der Waals surface area contributed by atoms with E-state index in [2.05, 4.69) is 4.99 Å². The minimum atomic E-state index is -0.418. The highest BCUT2D eigenvalue weighted by atomic mass is 32.2. The van der Waals surface area contributed by atoms with Crippen molar-refractivity contribution < 1.29 is 19.2 Å². The first-order chi connectivity index (χ1) is 14.5. The number of nitro groups is 1. The SMILES string of the molecule is CCOc1ccc(C(=O)N2CCN=C2SCc2cccc([N+](=O)[O-])c2)cc1OCC. The summed E-state index contributed by atoms with van der Waals surface area (Å²) in [6, 6.07) is 11.6. The van der Waals surface area contributed by atoms with Gasteiger partial charge in [0, 0.05) is 30.0 Å². The van der Waals surface area contributed by atoms with Crippen LogP contribution in [-0.4, -0.2) is 47.2 Å². The van der Waals surface area contributed by atoms with Crippen LogP contribution in [-0.2, 0) is 5.75 Å². The van der Waals surface area contributed by atoms with E-state index in [1.807, 2.05) is 19.9 Å². The van der Waals surface area contributed by atoms with Gasteiger partial charge in [0.05, 0.1) is 24.7 Å². The zero-order valence-electron chi connectivity index (χ0n) is 16.9. The third kappa shape index (κ3) is 5.10. The second-order valence-corrected chi connectivity index (χ2v) is 7.31. The maximum Gasteiger partial charge on any atom is 0.269 e. The van der Waals surface area contributed by atoms with Crippen LogP contribution in [0, 0.1) is 10.1 Å². The number of nitrogens with zero attached hydrogens (tertiary/aromatic N) is 3. The molecule has 8 nitrogen and oxygen atoms in total. The molecule has 0 atom stereocenters. The molecule has 158 valence electrons. The van der Waals surface area contributed by atoms with Crippen molar-refractivity contribution in [3.8, 4) is 11.5 Å². The number of nitro benzene ring substituents is 1. The first-order valence-electron chi connectivity index (χ1n) is 9.65. The normalized spacial score (nSPS) is 13.1. The smallest absolute Gasteiger partial charge is 0.269 e. The molecule has 1 aliphatic heterocycles. The van der Waals surface area contributed by atoms with E-state index in [9.17, 15) is 14.9 Å². The summed E-state index contributed by atoms with van der Waals surface area (Å²) in [5, 5.41) is 11.6. The van der Waals surface area contributed by atoms with Crippen LogP contribution in [0.1, 0.15) is 29.8 Å². The first kappa shape index (κ1) is 21.6. The Kier molecular flexibility index (Phi) is 7.29. The molecule has 0 bridgehead atoms. The number of hydrogen-bond donors (Lipinski definition) is 0. The van der Waals surface area contributed by atoms with Gasteiger partial charge in [0.15, 0.2) is 16.7 Å². The molecule has 2 aromatic carbocycles. The van der Waals surface area contributed by atoms with Crippen molar-refractivity contribution in [3.05, 3.63) is 63.7 Å². The van der Waals surface area contributed by atoms with E-state index in [1.54, 1.807) is 29.2 Å². The number of non-ortho nitro benzene ring substituents is 1. The molecule has 30 heavy (non-hydrogen) atoms. The topological polar surface area (TPSA) is 94.3 Å². The number of amidine groups is 1. The fraction of sp³-hybridized carbons (Fsp3) is 0.333. The summed E-state index contributed by atoms with van der Waals surface area (Å²) < 4.78 is 11.2. The predicted octanol–water partition coefficient (Wildman–Crippen LogP) is 4.14. The zero-order chi connectivity index (χ0) is 21.5. The van der Waals surface area contributed by atoms with E-state index in [1.165, 1.54) is 23.9 Å². The van der Waals surface area contributed by atoms with Crippen molar-refractivity contribution in [2.45, 2.75) is 19.6 Å². The predicted molar refractivity (Wildman–Crippen MR) is 117 cm³/mol. The van der Waals surface area contributed by atoms with E-state index < -0.39 is 4.92 Å². The van der Waals surface area contributed by atoms with Gasteiger partial charge in [-0.25, -0.2) is 0 Å². The van der Waals surface area contributed by atoms with Crippen molar-refractivity contribution in [2.75, 3.05) is 26.3 Å². The molecule has 1 amide bonds. The molecule has 9 heteroatoms. The molecule has 0 saturated heterocycles. The molecule has 3 rings (SSSR count). The van der Waals surface area contributed by atoms with E-state index in [0.717, 1.165) is 5.56 Å². The van der Waals surface area contributed by atoms with Crippen LogP contribution in [0.2, 0.25) is 0 Å². The van der Waals surface area contributed by atoms with Crippen LogP contribution in [0.25, 0.3) is 0 Å². The van der Waals surface area contributed by atoms with Gasteiger partial charge in [-0.1, -0.05) is 23.9 Å². The number of ether oxygens (including phenoxy) is 2. The van der Waals surface area contributed by atoms with E-state index in [4.69, 9.17) is 9.47 Å². The molecule has 1 heterocycles. The highest BCUT2D eigenvalue weighted by Gasteiger charge is 2.26. The summed E-state index contributed by atoms with van der Waals surface area (Å²) >= 11 is 1.39. The van der Waals surface area contributed by atoms with Gasteiger partial charge in [0.25, 0.3) is 11.6 Å². The molecule has 0 spiro atoms. The van der Waals surface area contributed by atoms with Gasteiger partial charge in [-0.15, -0.1) is 0 Å². The summed E-state index contributed by atoms with van der Waals surface area (Å²) in [5.41, 5.74) is 1.34. The Balaban J connectivity index is 1.72. The van der Waals surface area contributed by atoms with Crippen LogP contribution in [0.15, 0.2) is 47.5 Å². The quantitative estimate of drug-likeness (QED) is 0.462. The molecular weight excluding hydrogens is 406 g/mol. The van der Waals surface area contributed by atoms with Crippen molar-refractivity contribution >= 4 is 28.5 Å².